The highest BCUT2D eigenvalue weighted by molar-refractivity contribution is 8.00. The van der Waals surface area contributed by atoms with Crippen LogP contribution in [-0.2, 0) is 11.3 Å². The third kappa shape index (κ3) is 4.10. The molecule has 0 atom stereocenters. The smallest absolute Gasteiger partial charge is 0.230 e. The number of furan rings is 1. The zero-order chi connectivity index (χ0) is 13.7. The van der Waals surface area contributed by atoms with Gasteiger partial charge in [-0.3, -0.25) is 4.79 Å². The van der Waals surface area contributed by atoms with Crippen molar-refractivity contribution in [3.63, 3.8) is 0 Å². The van der Waals surface area contributed by atoms with Crippen molar-refractivity contribution in [2.24, 2.45) is 0 Å². The predicted octanol–water partition coefficient (Wildman–Crippen LogP) is 2.97. The van der Waals surface area contributed by atoms with Crippen LogP contribution in [0, 0.1) is 11.6 Å². The summed E-state index contributed by atoms with van der Waals surface area (Å²) in [6.07, 6.45) is 1.53. The Kier molecular flexibility index (Phi) is 4.57. The average Bonchev–Trinajstić information content (AvgIpc) is 2.91. The Morgan fingerprint density at radius 1 is 1.26 bits per heavy atom. The van der Waals surface area contributed by atoms with Crippen LogP contribution >= 0.6 is 11.8 Å². The molecular weight excluding hydrogens is 272 g/mol. The molecule has 1 N–H and O–H groups in total. The van der Waals surface area contributed by atoms with E-state index in [0.717, 1.165) is 23.9 Å². The standard InChI is InChI=1S/C13H11F2NO2S/c14-11-4-3-10(6-12(11)15)19-8-13(17)16-7-9-2-1-5-18-9/h1-6H,7-8H2,(H,16,17). The molecule has 0 spiro atoms. The van der Waals surface area contributed by atoms with E-state index in [2.05, 4.69) is 5.32 Å². The first kappa shape index (κ1) is 13.6. The van der Waals surface area contributed by atoms with Crippen molar-refractivity contribution in [1.82, 2.24) is 5.32 Å². The molecule has 0 bridgehead atoms. The van der Waals surface area contributed by atoms with Crippen LogP contribution < -0.4 is 5.32 Å². The third-order valence-corrected chi connectivity index (χ3v) is 3.29. The van der Waals surface area contributed by atoms with E-state index in [0.29, 0.717) is 17.2 Å². The van der Waals surface area contributed by atoms with Crippen molar-refractivity contribution < 1.29 is 18.0 Å². The van der Waals surface area contributed by atoms with Gasteiger partial charge >= 0.3 is 0 Å². The van der Waals surface area contributed by atoms with Gasteiger partial charge in [-0.25, -0.2) is 8.78 Å². The largest absolute Gasteiger partial charge is 0.467 e. The number of nitrogens with one attached hydrogen (secondary N) is 1. The SMILES string of the molecule is O=C(CSc1ccc(F)c(F)c1)NCc1ccco1. The van der Waals surface area contributed by atoms with Crippen molar-refractivity contribution in [3.05, 3.63) is 54.0 Å². The van der Waals surface area contributed by atoms with Crippen LogP contribution in [0.1, 0.15) is 5.76 Å². The highest BCUT2D eigenvalue weighted by atomic mass is 32.2. The number of halogens is 2. The first-order valence-electron chi connectivity index (χ1n) is 5.52. The molecule has 0 unspecified atom stereocenters. The van der Waals surface area contributed by atoms with Crippen LogP contribution in [0.4, 0.5) is 8.78 Å². The van der Waals surface area contributed by atoms with Gasteiger partial charge < -0.3 is 9.73 Å². The van der Waals surface area contributed by atoms with E-state index in [4.69, 9.17) is 4.42 Å². The second-order valence-electron chi connectivity index (χ2n) is 3.72. The van der Waals surface area contributed by atoms with Crippen LogP contribution in [0.3, 0.4) is 0 Å². The van der Waals surface area contributed by atoms with Crippen molar-refractivity contribution in [1.29, 1.82) is 0 Å². The van der Waals surface area contributed by atoms with Crippen molar-refractivity contribution >= 4 is 17.7 Å². The molecule has 1 amide bonds. The number of carbonyl (C=O) groups is 1. The van der Waals surface area contributed by atoms with Gasteiger partial charge in [0.2, 0.25) is 5.91 Å². The first-order chi connectivity index (χ1) is 9.15. The fourth-order valence-electron chi connectivity index (χ4n) is 1.37. The maximum Gasteiger partial charge on any atom is 0.230 e. The molecule has 0 saturated carbocycles. The van der Waals surface area contributed by atoms with E-state index in [1.165, 1.54) is 12.3 Å². The minimum absolute atomic E-state index is 0.131. The Bertz CT molecular complexity index is 558. The van der Waals surface area contributed by atoms with E-state index in [9.17, 15) is 13.6 Å². The summed E-state index contributed by atoms with van der Waals surface area (Å²) in [7, 11) is 0. The predicted molar refractivity (Wildman–Crippen MR) is 67.6 cm³/mol. The van der Waals surface area contributed by atoms with Crippen molar-refractivity contribution in [2.45, 2.75) is 11.4 Å². The van der Waals surface area contributed by atoms with Gasteiger partial charge in [-0.15, -0.1) is 11.8 Å². The monoisotopic (exact) mass is 283 g/mol. The Balaban J connectivity index is 1.78. The molecule has 1 aromatic carbocycles. The average molecular weight is 283 g/mol. The molecule has 2 aromatic rings. The maximum atomic E-state index is 12.9. The Morgan fingerprint density at radius 2 is 2.11 bits per heavy atom. The molecule has 0 aliphatic carbocycles. The summed E-state index contributed by atoms with van der Waals surface area (Å²) in [5, 5.41) is 2.66. The molecule has 3 nitrogen and oxygen atoms in total. The Labute approximate surface area is 113 Å². The lowest BCUT2D eigenvalue weighted by Crippen LogP contribution is -2.24. The zero-order valence-corrected chi connectivity index (χ0v) is 10.7. The first-order valence-corrected chi connectivity index (χ1v) is 6.50. The van der Waals surface area contributed by atoms with Crippen LogP contribution in [-0.4, -0.2) is 11.7 Å². The number of hydrogen-bond donors (Lipinski definition) is 1. The third-order valence-electron chi connectivity index (χ3n) is 2.30. The number of hydrogen-bond acceptors (Lipinski definition) is 3. The second-order valence-corrected chi connectivity index (χ2v) is 4.77. The van der Waals surface area contributed by atoms with E-state index >= 15 is 0 Å². The normalized spacial score (nSPS) is 10.4. The lowest BCUT2D eigenvalue weighted by molar-refractivity contribution is -0.118. The van der Waals surface area contributed by atoms with Crippen molar-refractivity contribution in [2.75, 3.05) is 5.75 Å². The highest BCUT2D eigenvalue weighted by Gasteiger charge is 2.06. The Hall–Kier alpha value is -1.82. The van der Waals surface area contributed by atoms with Gasteiger partial charge in [-0.05, 0) is 30.3 Å². The minimum atomic E-state index is -0.916. The molecule has 0 radical (unpaired) electrons. The van der Waals surface area contributed by atoms with Gasteiger partial charge in [0, 0.05) is 4.90 Å². The fraction of sp³-hybridized carbons (Fsp3) is 0.154. The van der Waals surface area contributed by atoms with E-state index in [1.807, 2.05) is 0 Å². The van der Waals surface area contributed by atoms with Gasteiger partial charge in [0.15, 0.2) is 11.6 Å². The number of amides is 1. The molecule has 100 valence electrons. The summed E-state index contributed by atoms with van der Waals surface area (Å²) in [5.41, 5.74) is 0. The fourth-order valence-corrected chi connectivity index (χ4v) is 2.12. The van der Waals surface area contributed by atoms with E-state index in [1.54, 1.807) is 12.1 Å². The topological polar surface area (TPSA) is 42.2 Å². The van der Waals surface area contributed by atoms with Crippen LogP contribution in [0.5, 0.6) is 0 Å². The Morgan fingerprint density at radius 3 is 2.79 bits per heavy atom. The molecule has 19 heavy (non-hydrogen) atoms. The van der Waals surface area contributed by atoms with Gasteiger partial charge in [-0.2, -0.15) is 0 Å². The quantitative estimate of drug-likeness (QED) is 0.858. The molecule has 0 aliphatic heterocycles. The van der Waals surface area contributed by atoms with E-state index in [-0.39, 0.29) is 11.7 Å². The lowest BCUT2D eigenvalue weighted by atomic mass is 10.3. The molecular formula is C13H11F2NO2S. The summed E-state index contributed by atoms with van der Waals surface area (Å²) >= 11 is 1.14. The lowest BCUT2D eigenvalue weighted by Gasteiger charge is -2.04. The summed E-state index contributed by atoms with van der Waals surface area (Å²) < 4.78 is 30.7. The molecule has 1 heterocycles. The summed E-state index contributed by atoms with van der Waals surface area (Å²) in [6, 6.07) is 7.03. The molecule has 0 aliphatic rings. The van der Waals surface area contributed by atoms with Crippen LogP contribution in [0.15, 0.2) is 45.9 Å². The second kappa shape index (κ2) is 6.38. The van der Waals surface area contributed by atoms with Gasteiger partial charge in [0.05, 0.1) is 18.6 Å². The maximum absolute atomic E-state index is 12.9. The number of rotatable bonds is 5. The van der Waals surface area contributed by atoms with Gasteiger partial charge in [0.1, 0.15) is 5.76 Å². The molecule has 0 fully saturated rings. The minimum Gasteiger partial charge on any atom is -0.467 e. The van der Waals surface area contributed by atoms with E-state index < -0.39 is 11.6 Å². The molecule has 1 aromatic heterocycles. The summed E-state index contributed by atoms with van der Waals surface area (Å²) in [5.74, 6) is -1.23. The number of benzene rings is 1. The van der Waals surface area contributed by atoms with Crippen molar-refractivity contribution in [3.8, 4) is 0 Å². The highest BCUT2D eigenvalue weighted by Crippen LogP contribution is 2.20. The zero-order valence-electron chi connectivity index (χ0n) is 9.86. The number of carbonyl (C=O) groups excluding carboxylic acids is 1. The molecule has 2 rings (SSSR count). The summed E-state index contributed by atoms with van der Waals surface area (Å²) in [4.78, 5) is 12.0. The van der Waals surface area contributed by atoms with Gasteiger partial charge in [0.25, 0.3) is 0 Å². The van der Waals surface area contributed by atoms with Crippen LogP contribution in [0.25, 0.3) is 0 Å². The van der Waals surface area contributed by atoms with Gasteiger partial charge in [-0.1, -0.05) is 0 Å². The number of thioether (sulfide) groups is 1. The molecule has 6 heteroatoms. The van der Waals surface area contributed by atoms with Crippen LogP contribution in [0.2, 0.25) is 0 Å². The summed E-state index contributed by atoms with van der Waals surface area (Å²) in [6.45, 7) is 0.310. The molecule has 0 saturated heterocycles.